The summed E-state index contributed by atoms with van der Waals surface area (Å²) in [5, 5.41) is 15.5. The zero-order chi connectivity index (χ0) is 26.6. The van der Waals surface area contributed by atoms with E-state index in [0.29, 0.717) is 19.5 Å². The molecule has 0 heterocycles. The van der Waals surface area contributed by atoms with E-state index in [-0.39, 0.29) is 5.91 Å². The molecule has 198 valence electrons. The van der Waals surface area contributed by atoms with E-state index in [9.17, 15) is 19.5 Å². The summed E-state index contributed by atoms with van der Waals surface area (Å²) in [7, 11) is 0. The van der Waals surface area contributed by atoms with Crippen LogP contribution >= 0.6 is 0 Å². The van der Waals surface area contributed by atoms with Gasteiger partial charge in [-0.2, -0.15) is 0 Å². The maximum absolute atomic E-state index is 13.8. The zero-order valence-corrected chi connectivity index (χ0v) is 22.6. The first-order chi connectivity index (χ1) is 16.5. The van der Waals surface area contributed by atoms with E-state index in [1.54, 1.807) is 20.8 Å². The van der Waals surface area contributed by atoms with Crippen molar-refractivity contribution in [1.82, 2.24) is 15.5 Å². The maximum atomic E-state index is 13.8. The van der Waals surface area contributed by atoms with E-state index in [0.717, 1.165) is 42.4 Å². The van der Waals surface area contributed by atoms with Crippen LogP contribution in [-0.2, 0) is 14.3 Å². The molecule has 3 amide bonds. The normalized spacial score (nSPS) is 13.0. The molecule has 2 atom stereocenters. The van der Waals surface area contributed by atoms with Gasteiger partial charge in [0, 0.05) is 13.1 Å². The fraction of sp³-hybridized carbons (Fsp3) is 0.667. The second-order valence-corrected chi connectivity index (χ2v) is 9.97. The number of alkyl carbamates (subject to hydrolysis) is 1. The van der Waals surface area contributed by atoms with Gasteiger partial charge in [0.15, 0.2) is 0 Å². The van der Waals surface area contributed by atoms with Gasteiger partial charge in [-0.25, -0.2) is 4.79 Å². The molecule has 0 aliphatic rings. The molecule has 0 radical (unpaired) electrons. The molecule has 0 fully saturated rings. The van der Waals surface area contributed by atoms with Gasteiger partial charge >= 0.3 is 6.09 Å². The van der Waals surface area contributed by atoms with Crippen LogP contribution in [-0.4, -0.2) is 59.3 Å². The van der Waals surface area contributed by atoms with E-state index < -0.39 is 36.3 Å². The lowest BCUT2D eigenvalue weighted by atomic mass is 9.93. The number of hydrogen-bond donors (Lipinski definition) is 3. The topological polar surface area (TPSA) is 108 Å². The Hall–Kier alpha value is -2.61. The molecule has 0 saturated carbocycles. The third kappa shape index (κ3) is 9.88. The van der Waals surface area contributed by atoms with Crippen LogP contribution in [0, 0.1) is 13.8 Å². The molecule has 1 aromatic rings. The number of aryl methyl sites for hydroxylation is 2. The van der Waals surface area contributed by atoms with Crippen molar-refractivity contribution >= 4 is 17.9 Å². The highest BCUT2D eigenvalue weighted by atomic mass is 16.6. The Balaban J connectivity index is 3.44. The van der Waals surface area contributed by atoms with Crippen LogP contribution in [0.1, 0.15) is 89.5 Å². The van der Waals surface area contributed by atoms with E-state index >= 15 is 0 Å². The predicted molar refractivity (Wildman–Crippen MR) is 138 cm³/mol. The number of ether oxygens (including phenoxy) is 1. The Bertz CT molecular complexity index is 814. The lowest BCUT2D eigenvalue weighted by Gasteiger charge is -2.35. The van der Waals surface area contributed by atoms with Gasteiger partial charge in [0.05, 0.1) is 6.61 Å². The van der Waals surface area contributed by atoms with Crippen molar-refractivity contribution in [2.75, 3.05) is 19.7 Å². The van der Waals surface area contributed by atoms with Crippen LogP contribution in [0.4, 0.5) is 4.79 Å². The highest BCUT2D eigenvalue weighted by Gasteiger charge is 2.37. The van der Waals surface area contributed by atoms with Gasteiger partial charge in [-0.1, -0.05) is 51.3 Å². The summed E-state index contributed by atoms with van der Waals surface area (Å²) in [4.78, 5) is 41.2. The number of nitrogens with one attached hydrogen (secondary N) is 2. The Kier molecular flexibility index (Phi) is 12.8. The standard InChI is InChI=1S/C27H45N3O5/c1-8-10-12-17-30(25(33)21(18-31)29-26(34)35-27(5,6)7)23(24(32)28-16-11-9-2)22-19(3)14-13-15-20(22)4/h13-15,21,23,31H,8-12,16-18H2,1-7H3,(H,28,32)(H,29,34). The molecule has 35 heavy (non-hydrogen) atoms. The van der Waals surface area contributed by atoms with Gasteiger partial charge in [-0.3, -0.25) is 9.59 Å². The number of aliphatic hydroxyl groups excluding tert-OH is 1. The summed E-state index contributed by atoms with van der Waals surface area (Å²) in [5.74, 6) is -0.789. The van der Waals surface area contributed by atoms with Crippen molar-refractivity contribution in [3.63, 3.8) is 0 Å². The van der Waals surface area contributed by atoms with Gasteiger partial charge in [-0.15, -0.1) is 0 Å². The third-order valence-electron chi connectivity index (χ3n) is 5.66. The predicted octanol–water partition coefficient (Wildman–Crippen LogP) is 4.17. The molecule has 1 rings (SSSR count). The summed E-state index contributed by atoms with van der Waals surface area (Å²) >= 11 is 0. The van der Waals surface area contributed by atoms with Crippen molar-refractivity contribution in [2.45, 2.75) is 98.3 Å². The number of unbranched alkanes of at least 4 members (excludes halogenated alkanes) is 3. The van der Waals surface area contributed by atoms with E-state index in [4.69, 9.17) is 4.74 Å². The fourth-order valence-corrected chi connectivity index (χ4v) is 3.91. The molecule has 0 spiro atoms. The molecule has 2 unspecified atom stereocenters. The third-order valence-corrected chi connectivity index (χ3v) is 5.66. The van der Waals surface area contributed by atoms with Crippen molar-refractivity contribution in [3.05, 3.63) is 34.9 Å². The molecule has 0 saturated heterocycles. The number of hydrogen-bond acceptors (Lipinski definition) is 5. The molecular weight excluding hydrogens is 446 g/mol. The average Bonchev–Trinajstić information content (AvgIpc) is 2.77. The van der Waals surface area contributed by atoms with Crippen LogP contribution in [0.5, 0.6) is 0 Å². The lowest BCUT2D eigenvalue weighted by molar-refractivity contribution is -0.143. The van der Waals surface area contributed by atoms with Crippen molar-refractivity contribution < 1.29 is 24.2 Å². The summed E-state index contributed by atoms with van der Waals surface area (Å²) < 4.78 is 5.28. The highest BCUT2D eigenvalue weighted by molar-refractivity contribution is 5.92. The minimum absolute atomic E-state index is 0.269. The number of carbonyl (C=O) groups is 3. The van der Waals surface area contributed by atoms with Crippen molar-refractivity contribution in [3.8, 4) is 0 Å². The molecule has 0 aliphatic carbocycles. The number of carbonyl (C=O) groups excluding carboxylic acids is 3. The molecule has 0 aliphatic heterocycles. The molecule has 1 aromatic carbocycles. The maximum Gasteiger partial charge on any atom is 0.408 e. The number of amides is 3. The van der Waals surface area contributed by atoms with Crippen molar-refractivity contribution in [2.24, 2.45) is 0 Å². The number of benzene rings is 1. The first-order valence-corrected chi connectivity index (χ1v) is 12.7. The van der Waals surface area contributed by atoms with Gasteiger partial charge < -0.3 is 25.4 Å². The lowest BCUT2D eigenvalue weighted by Crippen LogP contribution is -2.54. The first kappa shape index (κ1) is 30.4. The monoisotopic (exact) mass is 491 g/mol. The molecule has 8 heteroatoms. The summed E-state index contributed by atoms with van der Waals surface area (Å²) in [6.07, 6.45) is 3.47. The number of aliphatic hydroxyl groups is 1. The number of rotatable bonds is 13. The van der Waals surface area contributed by atoms with E-state index in [1.807, 2.05) is 39.0 Å². The SMILES string of the molecule is CCCCCN(C(=O)C(CO)NC(=O)OC(C)(C)C)C(C(=O)NCCCC)c1c(C)cccc1C. The van der Waals surface area contributed by atoms with Crippen LogP contribution in [0.2, 0.25) is 0 Å². The average molecular weight is 492 g/mol. The second kappa shape index (κ2) is 14.7. The Labute approximate surface area is 210 Å². The molecule has 0 bridgehead atoms. The first-order valence-electron chi connectivity index (χ1n) is 12.7. The summed E-state index contributed by atoms with van der Waals surface area (Å²) in [5.41, 5.74) is 1.80. The van der Waals surface area contributed by atoms with Gasteiger partial charge in [0.1, 0.15) is 17.7 Å². The van der Waals surface area contributed by atoms with Crippen molar-refractivity contribution in [1.29, 1.82) is 0 Å². The van der Waals surface area contributed by atoms with Gasteiger partial charge in [-0.05, 0) is 64.2 Å². The van der Waals surface area contributed by atoms with Gasteiger partial charge in [0.25, 0.3) is 0 Å². The fourth-order valence-electron chi connectivity index (χ4n) is 3.91. The van der Waals surface area contributed by atoms with Gasteiger partial charge in [0.2, 0.25) is 11.8 Å². The van der Waals surface area contributed by atoms with Crippen LogP contribution < -0.4 is 10.6 Å². The minimum Gasteiger partial charge on any atom is -0.444 e. The largest absolute Gasteiger partial charge is 0.444 e. The quantitative estimate of drug-likeness (QED) is 0.359. The number of nitrogens with zero attached hydrogens (tertiary/aromatic N) is 1. The smallest absolute Gasteiger partial charge is 0.408 e. The molecule has 8 nitrogen and oxygen atoms in total. The van der Waals surface area contributed by atoms with Crippen LogP contribution in [0.25, 0.3) is 0 Å². The van der Waals surface area contributed by atoms with Crippen LogP contribution in [0.3, 0.4) is 0 Å². The molecule has 0 aromatic heterocycles. The minimum atomic E-state index is -1.23. The summed E-state index contributed by atoms with van der Waals surface area (Å²) in [6, 6.07) is 3.65. The molecular formula is C27H45N3O5. The Morgan fingerprint density at radius 1 is 1.03 bits per heavy atom. The zero-order valence-electron chi connectivity index (χ0n) is 22.6. The van der Waals surface area contributed by atoms with E-state index in [1.165, 1.54) is 4.90 Å². The summed E-state index contributed by atoms with van der Waals surface area (Å²) in [6.45, 7) is 13.3. The Morgan fingerprint density at radius 2 is 1.63 bits per heavy atom. The molecule has 3 N–H and O–H groups in total. The highest BCUT2D eigenvalue weighted by Crippen LogP contribution is 2.29. The second-order valence-electron chi connectivity index (χ2n) is 9.97. The van der Waals surface area contributed by atoms with Crippen LogP contribution in [0.15, 0.2) is 18.2 Å². The van der Waals surface area contributed by atoms with E-state index in [2.05, 4.69) is 17.6 Å². The Morgan fingerprint density at radius 3 is 2.14 bits per heavy atom.